The van der Waals surface area contributed by atoms with Gasteiger partial charge in [0, 0.05) is 13.7 Å². The molecule has 15 heavy (non-hydrogen) atoms. The summed E-state index contributed by atoms with van der Waals surface area (Å²) < 4.78 is 10.5. The van der Waals surface area contributed by atoms with Gasteiger partial charge in [0.05, 0.1) is 12.7 Å². The summed E-state index contributed by atoms with van der Waals surface area (Å²) in [7, 11) is 1.68. The third-order valence-electron chi connectivity index (χ3n) is 1.70. The summed E-state index contributed by atoms with van der Waals surface area (Å²) in [5, 5.41) is 0. The Morgan fingerprint density at radius 1 is 1.40 bits per heavy atom. The minimum Gasteiger partial charge on any atom is -1.00 e. The number of benzene rings is 1. The maximum atomic E-state index is 5.51. The summed E-state index contributed by atoms with van der Waals surface area (Å²) in [6, 6.07) is 10.9. The fraction of sp³-hybridized carbons (Fsp3) is 0.455. The number of ether oxygens (including phenoxy) is 2. The molecule has 4 heteroatoms. The molecule has 0 amide bonds. The van der Waals surface area contributed by atoms with Crippen molar-refractivity contribution < 1.29 is 26.5 Å². The van der Waals surface area contributed by atoms with Crippen molar-refractivity contribution >= 4 is 23.1 Å². The van der Waals surface area contributed by atoms with E-state index in [1.54, 1.807) is 7.11 Å². The van der Waals surface area contributed by atoms with Crippen LogP contribution in [0, 0.1) is 6.07 Å². The minimum absolute atomic E-state index is 0. The van der Waals surface area contributed by atoms with Crippen LogP contribution in [0.2, 0.25) is 0 Å². The molecule has 0 aliphatic rings. The summed E-state index contributed by atoms with van der Waals surface area (Å²) in [4.78, 5) is 0. The molecule has 0 aliphatic heterocycles. The van der Waals surface area contributed by atoms with Gasteiger partial charge >= 0.3 is 23.1 Å². The Hall–Kier alpha value is 0.386. The van der Waals surface area contributed by atoms with E-state index in [4.69, 9.17) is 9.47 Å². The number of hydrogen-bond acceptors (Lipinski definition) is 2. The van der Waals surface area contributed by atoms with Crippen molar-refractivity contribution in [1.29, 1.82) is 0 Å². The van der Waals surface area contributed by atoms with Crippen molar-refractivity contribution in [1.82, 2.24) is 0 Å². The SMILES string of the molecule is COC[C@H](C)OCc1[c-]cccc1.[Br-].[Mg+2]. The van der Waals surface area contributed by atoms with Crippen LogP contribution in [0.5, 0.6) is 0 Å². The molecule has 0 fully saturated rings. The molecule has 0 radical (unpaired) electrons. The third-order valence-corrected chi connectivity index (χ3v) is 1.70. The quantitative estimate of drug-likeness (QED) is 0.492. The van der Waals surface area contributed by atoms with Crippen molar-refractivity contribution in [3.8, 4) is 0 Å². The number of rotatable bonds is 5. The van der Waals surface area contributed by atoms with Gasteiger partial charge in [0.1, 0.15) is 0 Å². The van der Waals surface area contributed by atoms with Crippen LogP contribution in [0.15, 0.2) is 24.3 Å². The first-order valence-electron chi connectivity index (χ1n) is 4.39. The van der Waals surface area contributed by atoms with E-state index < -0.39 is 0 Å². The molecule has 1 aromatic rings. The van der Waals surface area contributed by atoms with E-state index in [1.165, 1.54) is 0 Å². The zero-order valence-electron chi connectivity index (χ0n) is 9.20. The van der Waals surface area contributed by atoms with E-state index in [0.29, 0.717) is 13.2 Å². The van der Waals surface area contributed by atoms with Crippen LogP contribution in [0.4, 0.5) is 0 Å². The number of methoxy groups -OCH3 is 1. The van der Waals surface area contributed by atoms with Crippen LogP contribution in [-0.2, 0) is 16.1 Å². The molecule has 0 aromatic heterocycles. The van der Waals surface area contributed by atoms with Crippen LogP contribution in [0.25, 0.3) is 0 Å². The maximum Gasteiger partial charge on any atom is 2.00 e. The molecule has 0 spiro atoms. The van der Waals surface area contributed by atoms with Gasteiger partial charge in [0.15, 0.2) is 0 Å². The summed E-state index contributed by atoms with van der Waals surface area (Å²) in [5.41, 5.74) is 1.07. The van der Waals surface area contributed by atoms with Crippen LogP contribution >= 0.6 is 0 Å². The molecule has 1 rings (SSSR count). The largest absolute Gasteiger partial charge is 2.00 e. The van der Waals surface area contributed by atoms with Crippen LogP contribution in [0.1, 0.15) is 12.5 Å². The van der Waals surface area contributed by atoms with Gasteiger partial charge in [-0.1, -0.05) is 0 Å². The molecular formula is C11H15BrMgO2. The smallest absolute Gasteiger partial charge is 1.00 e. The third kappa shape index (κ3) is 8.22. The van der Waals surface area contributed by atoms with Crippen molar-refractivity contribution in [3.05, 3.63) is 35.9 Å². The van der Waals surface area contributed by atoms with Gasteiger partial charge in [-0.2, -0.15) is 30.3 Å². The second-order valence-corrected chi connectivity index (χ2v) is 2.96. The van der Waals surface area contributed by atoms with Gasteiger partial charge in [-0.25, -0.2) is 0 Å². The molecule has 0 bridgehead atoms. The van der Waals surface area contributed by atoms with Gasteiger partial charge in [-0.05, 0) is 6.92 Å². The Kier molecular flexibility index (Phi) is 12.9. The fourth-order valence-corrected chi connectivity index (χ4v) is 1.04. The van der Waals surface area contributed by atoms with Crippen LogP contribution in [-0.4, -0.2) is 42.9 Å². The number of hydrogen-bond donors (Lipinski definition) is 0. The van der Waals surface area contributed by atoms with E-state index in [0.717, 1.165) is 5.56 Å². The zero-order chi connectivity index (χ0) is 9.52. The minimum atomic E-state index is 0. The maximum absolute atomic E-state index is 5.51. The summed E-state index contributed by atoms with van der Waals surface area (Å²) in [6.45, 7) is 3.23. The first-order valence-corrected chi connectivity index (χ1v) is 4.39. The average Bonchev–Trinajstić information content (AvgIpc) is 2.17. The average molecular weight is 283 g/mol. The summed E-state index contributed by atoms with van der Waals surface area (Å²) in [5.74, 6) is 0. The Morgan fingerprint density at radius 3 is 2.67 bits per heavy atom. The van der Waals surface area contributed by atoms with Gasteiger partial charge < -0.3 is 26.5 Å². The van der Waals surface area contributed by atoms with E-state index >= 15 is 0 Å². The van der Waals surface area contributed by atoms with Gasteiger partial charge in [0.25, 0.3) is 0 Å². The van der Waals surface area contributed by atoms with Gasteiger partial charge in [0.2, 0.25) is 0 Å². The summed E-state index contributed by atoms with van der Waals surface area (Å²) in [6.07, 6.45) is 0.138. The molecule has 0 unspecified atom stereocenters. The van der Waals surface area contributed by atoms with E-state index in [9.17, 15) is 0 Å². The van der Waals surface area contributed by atoms with Crippen molar-refractivity contribution in [2.45, 2.75) is 19.6 Å². The summed E-state index contributed by atoms with van der Waals surface area (Å²) >= 11 is 0. The molecule has 0 aliphatic carbocycles. The molecule has 0 saturated heterocycles. The molecule has 0 saturated carbocycles. The van der Waals surface area contributed by atoms with Crippen molar-refractivity contribution in [2.24, 2.45) is 0 Å². The van der Waals surface area contributed by atoms with Crippen LogP contribution < -0.4 is 17.0 Å². The predicted octanol–water partition coefficient (Wildman–Crippen LogP) is -1.34. The Morgan fingerprint density at radius 2 is 2.13 bits per heavy atom. The van der Waals surface area contributed by atoms with Crippen molar-refractivity contribution in [3.63, 3.8) is 0 Å². The zero-order valence-corrected chi connectivity index (χ0v) is 12.2. The predicted molar refractivity (Wildman–Crippen MR) is 57.2 cm³/mol. The number of halogens is 1. The molecular weight excluding hydrogens is 268 g/mol. The van der Waals surface area contributed by atoms with Gasteiger partial charge in [-0.3, -0.25) is 0 Å². The standard InChI is InChI=1S/C11H15O2.BrH.Mg/c1-10(8-12-2)13-9-11-6-4-3-5-7-11;;/h3-6,10H,8-9H2,1-2H3;1H;/q-1;;+2/p-1/t10-;;/m0../s1. The Bertz CT molecular complexity index is 231. The first-order chi connectivity index (χ1) is 6.33. The molecule has 0 N–H and O–H groups in total. The molecule has 0 heterocycles. The second kappa shape index (κ2) is 10.9. The molecule has 80 valence electrons. The Labute approximate surface area is 118 Å². The second-order valence-electron chi connectivity index (χ2n) is 2.96. The molecule has 1 atom stereocenters. The molecule has 1 aromatic carbocycles. The Balaban J connectivity index is 0. The van der Waals surface area contributed by atoms with E-state index in [2.05, 4.69) is 6.07 Å². The first kappa shape index (κ1) is 17.8. The topological polar surface area (TPSA) is 18.5 Å². The van der Waals surface area contributed by atoms with Crippen molar-refractivity contribution in [2.75, 3.05) is 13.7 Å². The fourth-order valence-electron chi connectivity index (χ4n) is 1.04. The van der Waals surface area contributed by atoms with Crippen LogP contribution in [0.3, 0.4) is 0 Å². The normalized spacial score (nSPS) is 11.1. The van der Waals surface area contributed by atoms with E-state index in [-0.39, 0.29) is 46.1 Å². The monoisotopic (exact) mass is 282 g/mol. The van der Waals surface area contributed by atoms with E-state index in [1.807, 2.05) is 31.2 Å². The van der Waals surface area contributed by atoms with Gasteiger partial charge in [-0.15, -0.1) is 5.56 Å². The molecule has 2 nitrogen and oxygen atoms in total.